The van der Waals surface area contributed by atoms with E-state index in [0.29, 0.717) is 6.54 Å². The molecule has 2 heterocycles. The summed E-state index contributed by atoms with van der Waals surface area (Å²) in [4.78, 5) is 18.0. The van der Waals surface area contributed by atoms with Gasteiger partial charge in [0.1, 0.15) is 5.82 Å². The van der Waals surface area contributed by atoms with Gasteiger partial charge in [-0.1, -0.05) is 6.07 Å². The summed E-state index contributed by atoms with van der Waals surface area (Å²) in [6, 6.07) is 3.46. The van der Waals surface area contributed by atoms with E-state index < -0.39 is 6.04 Å². The van der Waals surface area contributed by atoms with Gasteiger partial charge in [-0.05, 0) is 25.5 Å². The molecule has 1 saturated heterocycles. The number of halogens is 2. The van der Waals surface area contributed by atoms with Crippen molar-refractivity contribution in [3.8, 4) is 0 Å². The number of anilines is 1. The van der Waals surface area contributed by atoms with Gasteiger partial charge in [0, 0.05) is 25.8 Å². The molecule has 6 nitrogen and oxygen atoms in total. The first-order chi connectivity index (χ1) is 9.56. The van der Waals surface area contributed by atoms with E-state index in [1.165, 1.54) is 0 Å². The SMILES string of the molecule is CC1CN(c2ccc(CNC(=O)[C@@H](C)N)cn2)CCO1.Cl.Cl. The molecule has 1 aromatic rings. The van der Waals surface area contributed by atoms with Crippen LogP contribution >= 0.6 is 24.8 Å². The third kappa shape index (κ3) is 5.96. The molecule has 0 spiro atoms. The van der Waals surface area contributed by atoms with Crippen LogP contribution in [0, 0.1) is 0 Å². The van der Waals surface area contributed by atoms with E-state index in [9.17, 15) is 4.79 Å². The van der Waals surface area contributed by atoms with Gasteiger partial charge in [0.15, 0.2) is 0 Å². The maximum Gasteiger partial charge on any atom is 0.236 e. The molecule has 0 bridgehead atoms. The van der Waals surface area contributed by atoms with Crippen molar-refractivity contribution in [2.45, 2.75) is 32.5 Å². The minimum Gasteiger partial charge on any atom is -0.375 e. The van der Waals surface area contributed by atoms with E-state index in [2.05, 4.69) is 22.1 Å². The van der Waals surface area contributed by atoms with Gasteiger partial charge < -0.3 is 20.7 Å². The summed E-state index contributed by atoms with van der Waals surface area (Å²) in [6.45, 7) is 6.62. The number of pyridine rings is 1. The Balaban J connectivity index is 0.00000220. The van der Waals surface area contributed by atoms with Gasteiger partial charge in [0.25, 0.3) is 0 Å². The molecule has 0 aliphatic carbocycles. The summed E-state index contributed by atoms with van der Waals surface area (Å²) in [6.07, 6.45) is 2.02. The molecule has 1 aliphatic heterocycles. The van der Waals surface area contributed by atoms with Gasteiger partial charge in [-0.25, -0.2) is 4.98 Å². The van der Waals surface area contributed by atoms with Gasteiger partial charge in [-0.3, -0.25) is 4.79 Å². The van der Waals surface area contributed by atoms with Gasteiger partial charge in [-0.2, -0.15) is 0 Å². The lowest BCUT2D eigenvalue weighted by Gasteiger charge is -2.32. The third-order valence-corrected chi connectivity index (χ3v) is 3.25. The third-order valence-electron chi connectivity index (χ3n) is 3.25. The molecule has 0 radical (unpaired) electrons. The fraction of sp³-hybridized carbons (Fsp3) is 0.571. The standard InChI is InChI=1S/C14H22N4O2.2ClH/c1-10-9-18(5-6-20-10)13-4-3-12(7-16-13)8-17-14(19)11(2)15;;/h3-4,7,10-11H,5-6,8-9,15H2,1-2H3,(H,17,19);2*1H/t10?,11-;;/m1../s1. The summed E-state index contributed by atoms with van der Waals surface area (Å²) >= 11 is 0. The van der Waals surface area contributed by atoms with Crippen LogP contribution in [0.15, 0.2) is 18.3 Å². The van der Waals surface area contributed by atoms with Gasteiger partial charge in [0.2, 0.25) is 5.91 Å². The Kier molecular flexibility index (Phi) is 9.36. The number of rotatable bonds is 4. The van der Waals surface area contributed by atoms with Crippen molar-refractivity contribution in [2.24, 2.45) is 5.73 Å². The number of morpholine rings is 1. The van der Waals surface area contributed by atoms with Crippen LogP contribution in [-0.4, -0.2) is 42.7 Å². The fourth-order valence-corrected chi connectivity index (χ4v) is 2.08. The number of carbonyl (C=O) groups is 1. The van der Waals surface area contributed by atoms with Crippen LogP contribution in [0.25, 0.3) is 0 Å². The number of nitrogens with two attached hydrogens (primary N) is 1. The molecule has 22 heavy (non-hydrogen) atoms. The molecule has 3 N–H and O–H groups in total. The zero-order valence-corrected chi connectivity index (χ0v) is 14.5. The molecule has 1 amide bonds. The second-order valence-corrected chi connectivity index (χ2v) is 5.16. The average molecular weight is 351 g/mol. The van der Waals surface area contributed by atoms with Crippen LogP contribution in [-0.2, 0) is 16.1 Å². The fourth-order valence-electron chi connectivity index (χ4n) is 2.08. The summed E-state index contributed by atoms with van der Waals surface area (Å²) < 4.78 is 5.51. The summed E-state index contributed by atoms with van der Waals surface area (Å²) in [7, 11) is 0. The number of amides is 1. The van der Waals surface area contributed by atoms with Gasteiger partial charge in [-0.15, -0.1) is 24.8 Å². The molecule has 1 aliphatic rings. The van der Waals surface area contributed by atoms with Gasteiger partial charge in [0.05, 0.1) is 18.8 Å². The van der Waals surface area contributed by atoms with Crippen LogP contribution in [0.5, 0.6) is 0 Å². The first-order valence-electron chi connectivity index (χ1n) is 6.91. The molecule has 0 aromatic carbocycles. The van der Waals surface area contributed by atoms with Crippen LogP contribution in [0.3, 0.4) is 0 Å². The first kappa shape index (κ1) is 20.9. The number of nitrogens with zero attached hydrogens (tertiary/aromatic N) is 2. The summed E-state index contributed by atoms with van der Waals surface area (Å²) in [5, 5.41) is 2.77. The lowest BCUT2D eigenvalue weighted by molar-refractivity contribution is -0.122. The van der Waals surface area contributed by atoms with Crippen molar-refractivity contribution in [2.75, 3.05) is 24.6 Å². The molecule has 0 saturated carbocycles. The highest BCUT2D eigenvalue weighted by Crippen LogP contribution is 2.15. The topological polar surface area (TPSA) is 80.5 Å². The van der Waals surface area contributed by atoms with Crippen molar-refractivity contribution < 1.29 is 9.53 Å². The molecule has 126 valence electrons. The second kappa shape index (κ2) is 9.84. The lowest BCUT2D eigenvalue weighted by atomic mass is 10.2. The van der Waals surface area contributed by atoms with E-state index in [-0.39, 0.29) is 36.8 Å². The Morgan fingerprint density at radius 3 is 2.82 bits per heavy atom. The molecule has 2 rings (SSSR count). The normalized spacial score (nSPS) is 18.7. The number of aromatic nitrogens is 1. The molecular formula is C14H24Cl2N4O2. The predicted molar refractivity (Wildman–Crippen MR) is 91.9 cm³/mol. The quantitative estimate of drug-likeness (QED) is 0.850. The maximum absolute atomic E-state index is 11.4. The van der Waals surface area contributed by atoms with E-state index in [1.807, 2.05) is 12.1 Å². The highest BCUT2D eigenvalue weighted by atomic mass is 35.5. The Bertz CT molecular complexity index is 457. The average Bonchev–Trinajstić information content (AvgIpc) is 2.45. The van der Waals surface area contributed by atoms with Crippen LogP contribution in [0.2, 0.25) is 0 Å². The Labute approximate surface area is 143 Å². The number of carbonyl (C=O) groups excluding carboxylic acids is 1. The number of hydrogen-bond acceptors (Lipinski definition) is 5. The Morgan fingerprint density at radius 1 is 1.55 bits per heavy atom. The van der Waals surface area contributed by atoms with Crippen LogP contribution in [0.1, 0.15) is 19.4 Å². The predicted octanol–water partition coefficient (Wildman–Crippen LogP) is 1.11. The van der Waals surface area contributed by atoms with E-state index in [0.717, 1.165) is 31.1 Å². The second-order valence-electron chi connectivity index (χ2n) is 5.16. The van der Waals surface area contributed by atoms with Crippen molar-refractivity contribution in [1.29, 1.82) is 0 Å². The zero-order valence-electron chi connectivity index (χ0n) is 12.8. The minimum absolute atomic E-state index is 0. The van der Waals surface area contributed by atoms with E-state index in [4.69, 9.17) is 10.5 Å². The highest BCUT2D eigenvalue weighted by Gasteiger charge is 2.17. The monoisotopic (exact) mass is 350 g/mol. The van der Waals surface area contributed by atoms with Crippen molar-refractivity contribution in [3.05, 3.63) is 23.9 Å². The maximum atomic E-state index is 11.4. The first-order valence-corrected chi connectivity index (χ1v) is 6.91. The molecule has 2 atom stereocenters. The Morgan fingerprint density at radius 2 is 2.27 bits per heavy atom. The van der Waals surface area contributed by atoms with Crippen molar-refractivity contribution in [3.63, 3.8) is 0 Å². The largest absolute Gasteiger partial charge is 0.375 e. The van der Waals surface area contributed by atoms with E-state index >= 15 is 0 Å². The lowest BCUT2D eigenvalue weighted by Crippen LogP contribution is -2.41. The van der Waals surface area contributed by atoms with Crippen LogP contribution < -0.4 is 16.0 Å². The van der Waals surface area contributed by atoms with Gasteiger partial charge >= 0.3 is 0 Å². The number of nitrogens with one attached hydrogen (secondary N) is 1. The molecule has 8 heteroatoms. The molecule has 1 unspecified atom stereocenters. The molecular weight excluding hydrogens is 327 g/mol. The zero-order chi connectivity index (χ0) is 14.5. The highest BCUT2D eigenvalue weighted by molar-refractivity contribution is 5.85. The Hall–Kier alpha value is -1.08. The molecule has 1 fully saturated rings. The summed E-state index contributed by atoms with van der Waals surface area (Å²) in [5.41, 5.74) is 6.45. The smallest absolute Gasteiger partial charge is 0.236 e. The van der Waals surface area contributed by atoms with E-state index in [1.54, 1.807) is 13.1 Å². The van der Waals surface area contributed by atoms with Crippen LogP contribution in [0.4, 0.5) is 5.82 Å². The van der Waals surface area contributed by atoms with Crippen molar-refractivity contribution >= 4 is 36.5 Å². The van der Waals surface area contributed by atoms with Crippen molar-refractivity contribution in [1.82, 2.24) is 10.3 Å². The number of ether oxygens (including phenoxy) is 1. The summed E-state index contributed by atoms with van der Waals surface area (Å²) in [5.74, 6) is 0.790. The number of hydrogen-bond donors (Lipinski definition) is 2. The minimum atomic E-state index is -0.489. The molecule has 1 aromatic heterocycles.